The Morgan fingerprint density at radius 2 is 2.07 bits per heavy atom. The highest BCUT2D eigenvalue weighted by Crippen LogP contribution is 2.55. The summed E-state index contributed by atoms with van der Waals surface area (Å²) in [7, 11) is -4.71. The number of nitriles is 1. The van der Waals surface area contributed by atoms with Gasteiger partial charge >= 0.3 is 13.6 Å². The molecule has 0 spiro atoms. The third-order valence-corrected chi connectivity index (χ3v) is 3.94. The predicted molar refractivity (Wildman–Crippen MR) is 51.9 cm³/mol. The number of ether oxygens (including phenoxy) is 1. The van der Waals surface area contributed by atoms with Gasteiger partial charge in [-0.2, -0.15) is 5.26 Å². The SMILES string of the molecule is CCOC(=O)C(CC)(CC#N)P(=O)(O)O. The smallest absolute Gasteiger partial charge is 0.343 e. The van der Waals surface area contributed by atoms with Crippen molar-refractivity contribution in [1.29, 1.82) is 5.26 Å². The third-order valence-electron chi connectivity index (χ3n) is 2.17. The standard InChI is InChI=1S/C8H14NO5P/c1-3-8(5-6-9,15(11,12)13)7(10)14-4-2/h3-5H2,1-2H3,(H2,11,12,13). The van der Waals surface area contributed by atoms with Crippen LogP contribution in [0, 0.1) is 11.3 Å². The van der Waals surface area contributed by atoms with Crippen LogP contribution >= 0.6 is 7.60 Å². The number of hydrogen-bond donors (Lipinski definition) is 2. The van der Waals surface area contributed by atoms with Gasteiger partial charge in [-0.1, -0.05) is 6.92 Å². The first-order valence-corrected chi connectivity index (χ1v) is 6.06. The second-order valence-electron chi connectivity index (χ2n) is 2.98. The molecule has 0 aromatic rings. The zero-order chi connectivity index (χ0) is 12.1. The molecule has 0 rings (SSSR count). The molecule has 0 amide bonds. The quantitative estimate of drug-likeness (QED) is 0.538. The van der Waals surface area contributed by atoms with Gasteiger partial charge in [0.15, 0.2) is 5.16 Å². The van der Waals surface area contributed by atoms with Crippen LogP contribution in [0.5, 0.6) is 0 Å². The van der Waals surface area contributed by atoms with E-state index < -0.39 is 25.1 Å². The van der Waals surface area contributed by atoms with Crippen molar-refractivity contribution in [3.63, 3.8) is 0 Å². The summed E-state index contributed by atoms with van der Waals surface area (Å²) in [6.07, 6.45) is -0.684. The number of carbonyl (C=O) groups excluding carboxylic acids is 1. The summed E-state index contributed by atoms with van der Waals surface area (Å²) in [5.74, 6) is -1.01. The molecule has 1 atom stereocenters. The van der Waals surface area contributed by atoms with Gasteiger partial charge in [0.2, 0.25) is 0 Å². The number of carbonyl (C=O) groups is 1. The average molecular weight is 235 g/mol. The summed E-state index contributed by atoms with van der Waals surface area (Å²) in [6.45, 7) is 2.99. The molecule has 86 valence electrons. The molecule has 0 aromatic carbocycles. The lowest BCUT2D eigenvalue weighted by Crippen LogP contribution is -2.39. The van der Waals surface area contributed by atoms with Crippen molar-refractivity contribution in [2.75, 3.05) is 6.61 Å². The summed E-state index contributed by atoms with van der Waals surface area (Å²) >= 11 is 0. The maximum absolute atomic E-state index is 11.5. The van der Waals surface area contributed by atoms with E-state index in [1.807, 2.05) is 0 Å². The van der Waals surface area contributed by atoms with Crippen molar-refractivity contribution in [3.8, 4) is 6.07 Å². The van der Waals surface area contributed by atoms with Crippen LogP contribution in [0.25, 0.3) is 0 Å². The average Bonchev–Trinajstić information content (AvgIpc) is 2.12. The van der Waals surface area contributed by atoms with Crippen molar-refractivity contribution in [2.24, 2.45) is 0 Å². The van der Waals surface area contributed by atoms with E-state index in [1.165, 1.54) is 13.8 Å². The van der Waals surface area contributed by atoms with Crippen LogP contribution < -0.4 is 0 Å². The van der Waals surface area contributed by atoms with Crippen LogP contribution in [-0.4, -0.2) is 27.5 Å². The van der Waals surface area contributed by atoms with Gasteiger partial charge < -0.3 is 14.5 Å². The Labute approximate surface area is 88.0 Å². The van der Waals surface area contributed by atoms with Crippen LogP contribution in [0.3, 0.4) is 0 Å². The minimum absolute atomic E-state index is 0.0199. The summed E-state index contributed by atoms with van der Waals surface area (Å²) in [4.78, 5) is 29.7. The number of esters is 1. The Balaban J connectivity index is 5.27. The van der Waals surface area contributed by atoms with Crippen LogP contribution in [0.1, 0.15) is 26.7 Å². The van der Waals surface area contributed by atoms with E-state index in [4.69, 9.17) is 15.0 Å². The first-order valence-electron chi connectivity index (χ1n) is 4.45. The minimum atomic E-state index is -4.71. The third kappa shape index (κ3) is 2.78. The molecule has 15 heavy (non-hydrogen) atoms. The van der Waals surface area contributed by atoms with E-state index >= 15 is 0 Å². The Hall–Kier alpha value is -0.890. The largest absolute Gasteiger partial charge is 0.465 e. The topological polar surface area (TPSA) is 108 Å². The fourth-order valence-corrected chi connectivity index (χ4v) is 2.16. The molecule has 0 fully saturated rings. The molecule has 0 aliphatic carbocycles. The lowest BCUT2D eigenvalue weighted by Gasteiger charge is -2.28. The van der Waals surface area contributed by atoms with Gasteiger partial charge in [-0.25, -0.2) is 0 Å². The lowest BCUT2D eigenvalue weighted by molar-refractivity contribution is -0.146. The molecule has 7 heteroatoms. The Bertz CT molecular complexity index is 317. The first-order chi connectivity index (χ1) is 6.85. The zero-order valence-electron chi connectivity index (χ0n) is 8.63. The first kappa shape index (κ1) is 14.1. The molecular weight excluding hydrogens is 221 g/mol. The van der Waals surface area contributed by atoms with E-state index in [0.717, 1.165) is 0 Å². The van der Waals surface area contributed by atoms with Crippen molar-refractivity contribution >= 4 is 13.6 Å². The summed E-state index contributed by atoms with van der Waals surface area (Å²) in [6, 6.07) is 1.61. The maximum Gasteiger partial charge on any atom is 0.343 e. The molecule has 6 nitrogen and oxygen atoms in total. The van der Waals surface area contributed by atoms with Crippen LogP contribution in [-0.2, 0) is 14.1 Å². The molecule has 0 heterocycles. The Morgan fingerprint density at radius 1 is 1.53 bits per heavy atom. The van der Waals surface area contributed by atoms with E-state index in [-0.39, 0.29) is 13.0 Å². The highest BCUT2D eigenvalue weighted by Gasteiger charge is 2.53. The van der Waals surface area contributed by atoms with Gasteiger partial charge in [0.1, 0.15) is 0 Å². The molecule has 2 N–H and O–H groups in total. The molecule has 0 saturated heterocycles. The molecule has 0 aromatic heterocycles. The van der Waals surface area contributed by atoms with E-state index in [1.54, 1.807) is 6.07 Å². The lowest BCUT2D eigenvalue weighted by atomic mass is 10.0. The fourth-order valence-electron chi connectivity index (χ4n) is 1.17. The van der Waals surface area contributed by atoms with Crippen molar-refractivity contribution < 1.29 is 23.9 Å². The highest BCUT2D eigenvalue weighted by molar-refractivity contribution is 7.54. The molecule has 0 saturated carbocycles. The van der Waals surface area contributed by atoms with Gasteiger partial charge in [-0.05, 0) is 13.3 Å². The van der Waals surface area contributed by atoms with E-state index in [0.29, 0.717) is 0 Å². The van der Waals surface area contributed by atoms with Crippen molar-refractivity contribution in [2.45, 2.75) is 31.8 Å². The summed E-state index contributed by atoms with van der Waals surface area (Å²) < 4.78 is 15.8. The highest BCUT2D eigenvalue weighted by atomic mass is 31.2. The number of nitrogens with zero attached hydrogens (tertiary/aromatic N) is 1. The Morgan fingerprint density at radius 3 is 2.33 bits per heavy atom. The normalized spacial score (nSPS) is 15.1. The maximum atomic E-state index is 11.5. The fraction of sp³-hybridized carbons (Fsp3) is 0.750. The summed E-state index contributed by atoms with van der Waals surface area (Å²) in [5, 5.41) is 6.50. The van der Waals surface area contributed by atoms with Crippen LogP contribution in [0.15, 0.2) is 0 Å². The van der Waals surface area contributed by atoms with Crippen molar-refractivity contribution in [3.05, 3.63) is 0 Å². The van der Waals surface area contributed by atoms with Gasteiger partial charge in [0.25, 0.3) is 0 Å². The van der Waals surface area contributed by atoms with Gasteiger partial charge in [-0.15, -0.1) is 0 Å². The second kappa shape index (κ2) is 5.26. The summed E-state index contributed by atoms with van der Waals surface area (Å²) in [5.41, 5.74) is 0. The molecule has 0 bridgehead atoms. The minimum Gasteiger partial charge on any atom is -0.465 e. The molecule has 0 aliphatic heterocycles. The monoisotopic (exact) mass is 235 g/mol. The van der Waals surface area contributed by atoms with Crippen LogP contribution in [0.4, 0.5) is 0 Å². The van der Waals surface area contributed by atoms with Gasteiger partial charge in [-0.3, -0.25) is 9.36 Å². The zero-order valence-corrected chi connectivity index (χ0v) is 9.53. The Kier molecular flexibility index (Phi) is 4.95. The number of hydrogen-bond acceptors (Lipinski definition) is 4. The van der Waals surface area contributed by atoms with Crippen molar-refractivity contribution in [1.82, 2.24) is 0 Å². The van der Waals surface area contributed by atoms with E-state index in [2.05, 4.69) is 4.74 Å². The molecule has 0 radical (unpaired) electrons. The van der Waals surface area contributed by atoms with Gasteiger partial charge in [0, 0.05) is 0 Å². The van der Waals surface area contributed by atoms with Crippen LogP contribution in [0.2, 0.25) is 0 Å². The molecular formula is C8H14NO5P. The molecule has 0 aliphatic rings. The molecule has 1 unspecified atom stereocenters. The number of rotatable bonds is 5. The van der Waals surface area contributed by atoms with E-state index in [9.17, 15) is 9.36 Å². The van der Waals surface area contributed by atoms with Gasteiger partial charge in [0.05, 0.1) is 19.1 Å². The predicted octanol–water partition coefficient (Wildman–Crippen LogP) is 0.790. The second-order valence-corrected chi connectivity index (χ2v) is 4.93.